The maximum absolute atomic E-state index is 5.33. The summed E-state index contributed by atoms with van der Waals surface area (Å²) < 4.78 is 4.94. The molecule has 0 aliphatic carbocycles. The molecule has 0 saturated carbocycles. The third kappa shape index (κ3) is 4.16. The SMILES string of the molecule is B#S(=BC)OCC. The summed E-state index contributed by atoms with van der Waals surface area (Å²) in [6.45, 7) is 9.85. The molecular weight excluding hydrogens is 106 g/mol. The molecule has 1 nitrogen and oxygen atoms in total. The van der Waals surface area contributed by atoms with Crippen LogP contribution in [-0.2, 0) is 4.18 Å². The van der Waals surface area contributed by atoms with Crippen LogP contribution in [-0.4, -0.2) is 19.3 Å². The molecule has 0 atom stereocenters. The Morgan fingerprint density at radius 2 is 2.43 bits per heavy atom. The third-order valence-corrected chi connectivity index (χ3v) is 1.46. The van der Waals surface area contributed by atoms with Crippen molar-refractivity contribution in [1.82, 2.24) is 0 Å². The van der Waals surface area contributed by atoms with E-state index in [0.717, 1.165) is 0 Å². The van der Waals surface area contributed by atoms with Gasteiger partial charge >= 0.3 is 47.1 Å². The van der Waals surface area contributed by atoms with E-state index in [9.17, 15) is 0 Å². The van der Waals surface area contributed by atoms with Crippen LogP contribution >= 0.6 is 9.84 Å². The van der Waals surface area contributed by atoms with Crippen LogP contribution in [0.25, 0.3) is 0 Å². The van der Waals surface area contributed by atoms with Gasteiger partial charge in [0.25, 0.3) is 0 Å². The Morgan fingerprint density at radius 3 is 2.57 bits per heavy atom. The van der Waals surface area contributed by atoms with Gasteiger partial charge in [0.05, 0.1) is 0 Å². The van der Waals surface area contributed by atoms with Gasteiger partial charge in [-0.2, -0.15) is 0 Å². The number of rotatable bonds is 1. The average Bonchev–Trinajstić information content (AvgIpc) is 1.68. The Bertz CT molecular complexity index is 145. The first-order valence-corrected chi connectivity index (χ1v) is 3.49. The van der Waals surface area contributed by atoms with Crippen LogP contribution in [0.2, 0.25) is 6.82 Å². The summed E-state index contributed by atoms with van der Waals surface area (Å²) in [7, 11) is -0.402. The van der Waals surface area contributed by atoms with Gasteiger partial charge in [0, 0.05) is 0 Å². The molecule has 0 amide bonds. The molecule has 0 aromatic rings. The molecule has 0 rings (SSSR count). The predicted octanol–water partition coefficient (Wildman–Crippen LogP) is 0.958. The predicted molar refractivity (Wildman–Crippen MR) is 36.6 cm³/mol. The van der Waals surface area contributed by atoms with Crippen molar-refractivity contribution in [2.45, 2.75) is 13.7 Å². The molecule has 38 valence electrons. The molecule has 0 radical (unpaired) electrons. The molecule has 0 N–H and O–H groups in total. The minimum atomic E-state index is -0.402. The second-order valence-electron chi connectivity index (χ2n) is 0.971. The van der Waals surface area contributed by atoms with E-state index in [1.165, 1.54) is 0 Å². The van der Waals surface area contributed by atoms with E-state index in [0.29, 0.717) is 6.61 Å². The first-order valence-electron chi connectivity index (χ1n) is 2.21. The molecule has 0 bridgehead atoms. The van der Waals surface area contributed by atoms with Crippen molar-refractivity contribution in [3.63, 3.8) is 0 Å². The third-order valence-electron chi connectivity index (χ3n) is 0.486. The van der Waals surface area contributed by atoms with E-state index in [-0.39, 0.29) is 0 Å². The fourth-order valence-corrected chi connectivity index (χ4v) is 0.612. The molecule has 0 unspecified atom stereocenters. The summed E-state index contributed by atoms with van der Waals surface area (Å²) in [6, 6.07) is 0. The van der Waals surface area contributed by atoms with E-state index in [2.05, 4.69) is 0 Å². The molecular formula is C3H8B2OS. The Morgan fingerprint density at radius 1 is 1.86 bits per heavy atom. The summed E-state index contributed by atoms with van der Waals surface area (Å²) in [5.41, 5.74) is 0. The molecule has 0 aliphatic rings. The number of hydrogen-bond donors (Lipinski definition) is 0. The molecule has 0 fully saturated rings. The van der Waals surface area contributed by atoms with E-state index < -0.39 is 9.84 Å². The minimum absolute atomic E-state index is 0.402. The van der Waals surface area contributed by atoms with Crippen LogP contribution in [0.1, 0.15) is 6.92 Å². The quantitative estimate of drug-likeness (QED) is 0.461. The first kappa shape index (κ1) is 7.31. The molecule has 0 aliphatic heterocycles. The van der Waals surface area contributed by atoms with Crippen molar-refractivity contribution in [3.05, 3.63) is 0 Å². The van der Waals surface area contributed by atoms with Gasteiger partial charge in [-0.3, -0.25) is 0 Å². The monoisotopic (exact) mass is 114 g/mol. The maximum atomic E-state index is 5.33. The molecule has 0 saturated heterocycles. The van der Waals surface area contributed by atoms with E-state index in [4.69, 9.17) is 10.7 Å². The summed E-state index contributed by atoms with van der Waals surface area (Å²) in [5.74, 6) is 0. The molecule has 4 heteroatoms. The fourth-order valence-electron chi connectivity index (χ4n) is 0.204. The topological polar surface area (TPSA) is 9.23 Å². The fraction of sp³-hybridized carbons (Fsp3) is 1.00. The zero-order chi connectivity index (χ0) is 5.70. The molecule has 7 heavy (non-hydrogen) atoms. The summed E-state index contributed by atoms with van der Waals surface area (Å²) in [5, 5.41) is 0. The molecule has 0 spiro atoms. The standard InChI is InChI=1S/C3H8B2OS/c1-3-6-7(4)5-2/h3H2,1-2H3. The van der Waals surface area contributed by atoms with Crippen LogP contribution < -0.4 is 0 Å². The van der Waals surface area contributed by atoms with Crippen molar-refractivity contribution in [2.24, 2.45) is 0 Å². The van der Waals surface area contributed by atoms with Crippen LogP contribution in [0.3, 0.4) is 0 Å². The van der Waals surface area contributed by atoms with Crippen molar-refractivity contribution in [2.75, 3.05) is 6.61 Å². The van der Waals surface area contributed by atoms with E-state index in [1.807, 2.05) is 19.9 Å². The van der Waals surface area contributed by atoms with Crippen LogP contribution in [0.15, 0.2) is 0 Å². The first-order chi connectivity index (χ1) is 3.31. The second-order valence-corrected chi connectivity index (χ2v) is 2.33. The average molecular weight is 114 g/mol. The van der Waals surface area contributed by atoms with Gasteiger partial charge in [-0.05, 0) is 0 Å². The van der Waals surface area contributed by atoms with E-state index in [1.54, 1.807) is 0 Å². The Labute approximate surface area is 47.8 Å². The van der Waals surface area contributed by atoms with Gasteiger partial charge in [0.15, 0.2) is 0 Å². The number of hydrogen-bond acceptors (Lipinski definition) is 1. The van der Waals surface area contributed by atoms with Crippen LogP contribution in [0, 0.1) is 0 Å². The van der Waals surface area contributed by atoms with Crippen LogP contribution in [0.4, 0.5) is 0 Å². The van der Waals surface area contributed by atoms with Crippen molar-refractivity contribution in [3.8, 4) is 0 Å². The van der Waals surface area contributed by atoms with Crippen molar-refractivity contribution < 1.29 is 4.18 Å². The Kier molecular flexibility index (Phi) is 4.67. The van der Waals surface area contributed by atoms with Gasteiger partial charge in [-0.1, -0.05) is 0 Å². The van der Waals surface area contributed by atoms with Gasteiger partial charge in [0.1, 0.15) is 0 Å². The molecule has 0 aromatic carbocycles. The molecule has 0 aromatic heterocycles. The van der Waals surface area contributed by atoms with Gasteiger partial charge in [0.2, 0.25) is 0 Å². The van der Waals surface area contributed by atoms with Crippen molar-refractivity contribution >= 4 is 22.5 Å². The van der Waals surface area contributed by atoms with Gasteiger partial charge in [-0.25, -0.2) is 0 Å². The second kappa shape index (κ2) is 4.47. The zero-order valence-corrected chi connectivity index (χ0v) is 5.49. The molecule has 0 heterocycles. The van der Waals surface area contributed by atoms with Gasteiger partial charge in [-0.15, -0.1) is 0 Å². The van der Waals surface area contributed by atoms with Crippen molar-refractivity contribution in [1.29, 1.82) is 0 Å². The van der Waals surface area contributed by atoms with Gasteiger partial charge < -0.3 is 0 Å². The summed E-state index contributed by atoms with van der Waals surface area (Å²) in [4.78, 5) is 0. The zero-order valence-electron chi connectivity index (χ0n) is 4.68. The van der Waals surface area contributed by atoms with E-state index >= 15 is 0 Å². The Hall–Kier alpha value is 0.310. The summed E-state index contributed by atoms with van der Waals surface area (Å²) >= 11 is 0. The Balaban J connectivity index is 3.47. The van der Waals surface area contributed by atoms with Crippen LogP contribution in [0.5, 0.6) is 0 Å². The normalized spacial score (nSPS) is 11.1. The summed E-state index contributed by atoms with van der Waals surface area (Å²) in [6.07, 6.45) is 1.84.